The van der Waals surface area contributed by atoms with Crippen LogP contribution in [-0.4, -0.2) is 42.1 Å². The van der Waals surface area contributed by atoms with E-state index < -0.39 is 30.0 Å². The molecule has 0 spiro atoms. The van der Waals surface area contributed by atoms with E-state index in [-0.39, 0.29) is 34.8 Å². The van der Waals surface area contributed by atoms with Gasteiger partial charge in [-0.3, -0.25) is 9.59 Å². The maximum atomic E-state index is 13.5. The monoisotopic (exact) mass is 474 g/mol. The van der Waals surface area contributed by atoms with Gasteiger partial charge in [-0.05, 0) is 43.0 Å². The molecule has 0 aliphatic rings. The highest BCUT2D eigenvalue weighted by atomic mass is 19.1. The quantitative estimate of drug-likeness (QED) is 0.549. The van der Waals surface area contributed by atoms with Crippen LogP contribution in [0.5, 0.6) is 11.5 Å². The van der Waals surface area contributed by atoms with Crippen molar-refractivity contribution in [2.75, 3.05) is 7.11 Å². The Kier molecular flexibility index (Phi) is 9.11. The van der Waals surface area contributed by atoms with Gasteiger partial charge in [-0.25, -0.2) is 14.2 Å². The normalized spacial score (nSPS) is 13.6. The molecule has 1 N–H and O–H groups in total. The Balaban J connectivity index is 2.21. The van der Waals surface area contributed by atoms with E-state index in [2.05, 4.69) is 10.3 Å². The number of halogens is 1. The zero-order valence-electron chi connectivity index (χ0n) is 20.5. The predicted molar refractivity (Wildman–Crippen MR) is 123 cm³/mol. The van der Waals surface area contributed by atoms with Gasteiger partial charge in [0.2, 0.25) is 5.75 Å². The number of ether oxygens (including phenoxy) is 3. The summed E-state index contributed by atoms with van der Waals surface area (Å²) >= 11 is 0. The summed E-state index contributed by atoms with van der Waals surface area (Å²) in [5.41, 5.74) is 1.42. The summed E-state index contributed by atoms with van der Waals surface area (Å²) in [6.45, 7) is 10.1. The zero-order valence-corrected chi connectivity index (χ0v) is 20.5. The molecule has 0 fully saturated rings. The highest BCUT2D eigenvalue weighted by Crippen LogP contribution is 2.30. The van der Waals surface area contributed by atoms with Gasteiger partial charge < -0.3 is 19.5 Å². The Morgan fingerprint density at radius 3 is 2.32 bits per heavy atom. The van der Waals surface area contributed by atoms with E-state index in [1.807, 2.05) is 6.92 Å². The lowest BCUT2D eigenvalue weighted by molar-refractivity contribution is -0.152. The Morgan fingerprint density at radius 1 is 1.09 bits per heavy atom. The van der Waals surface area contributed by atoms with Crippen molar-refractivity contribution in [1.82, 2.24) is 10.3 Å². The first kappa shape index (κ1) is 26.8. The number of methoxy groups -OCH3 is 1. The summed E-state index contributed by atoms with van der Waals surface area (Å²) in [4.78, 5) is 41.5. The molecule has 9 heteroatoms. The minimum atomic E-state index is -0.991. The van der Waals surface area contributed by atoms with Crippen molar-refractivity contribution in [2.45, 2.75) is 59.6 Å². The third kappa shape index (κ3) is 6.52. The predicted octanol–water partition coefficient (Wildman–Crippen LogP) is 3.95. The summed E-state index contributed by atoms with van der Waals surface area (Å²) in [5.74, 6) is -2.84. The Hall–Kier alpha value is -3.49. The van der Waals surface area contributed by atoms with Crippen LogP contribution in [0.3, 0.4) is 0 Å². The van der Waals surface area contributed by atoms with E-state index in [9.17, 15) is 18.8 Å². The fourth-order valence-electron chi connectivity index (χ4n) is 3.46. The van der Waals surface area contributed by atoms with Crippen LogP contribution in [0.1, 0.15) is 62.2 Å². The van der Waals surface area contributed by atoms with E-state index >= 15 is 0 Å². The number of esters is 2. The average Bonchev–Trinajstić information content (AvgIpc) is 2.76. The van der Waals surface area contributed by atoms with Crippen LogP contribution in [0, 0.1) is 18.7 Å². The first-order chi connectivity index (χ1) is 16.0. The van der Waals surface area contributed by atoms with Gasteiger partial charge in [-0.15, -0.1) is 0 Å². The van der Waals surface area contributed by atoms with E-state index in [4.69, 9.17) is 14.2 Å². The van der Waals surface area contributed by atoms with Crippen LogP contribution in [0.4, 0.5) is 4.39 Å². The minimum absolute atomic E-state index is 0.139. The molecule has 0 unspecified atom stereocenters. The molecule has 1 heterocycles. The van der Waals surface area contributed by atoms with Crippen LogP contribution in [-0.2, 0) is 14.3 Å². The molecule has 8 nitrogen and oxygen atoms in total. The maximum Gasteiger partial charge on any atom is 0.329 e. The third-order valence-electron chi connectivity index (χ3n) is 5.48. The van der Waals surface area contributed by atoms with E-state index in [0.717, 1.165) is 11.1 Å². The second-order valence-corrected chi connectivity index (χ2v) is 8.41. The van der Waals surface area contributed by atoms with Crippen LogP contribution in [0.15, 0.2) is 30.5 Å². The van der Waals surface area contributed by atoms with Gasteiger partial charge in [0.1, 0.15) is 18.0 Å². The van der Waals surface area contributed by atoms with Gasteiger partial charge in [0, 0.05) is 25.1 Å². The van der Waals surface area contributed by atoms with Gasteiger partial charge in [0.15, 0.2) is 11.4 Å². The number of amides is 1. The SMILES string of the molecule is COc1ccnc(C(=O)N[C@H](C(=O)O[C@H](C)[C@@H](C)c2ccc(F)cc2C)C(C)C)c1OC(C)=O. The van der Waals surface area contributed by atoms with Gasteiger partial charge >= 0.3 is 11.9 Å². The van der Waals surface area contributed by atoms with Crippen LogP contribution >= 0.6 is 0 Å². The molecule has 34 heavy (non-hydrogen) atoms. The number of carbonyl (C=O) groups excluding carboxylic acids is 3. The van der Waals surface area contributed by atoms with Crippen molar-refractivity contribution in [3.8, 4) is 11.5 Å². The standard InChI is InChI=1S/C25H31FN2O6/c1-13(2)21(25(31)33-16(5)15(4)19-9-8-18(26)12-14(19)3)28-24(30)22-23(34-17(6)29)20(32-7)10-11-27-22/h8-13,15-16,21H,1-7H3,(H,28,30)/t15-,16-,21+/m1/s1. The second kappa shape index (κ2) is 11.6. The molecule has 0 saturated heterocycles. The van der Waals surface area contributed by atoms with E-state index in [1.54, 1.807) is 33.8 Å². The number of rotatable bonds is 9. The first-order valence-corrected chi connectivity index (χ1v) is 10.9. The van der Waals surface area contributed by atoms with Gasteiger partial charge in [0.05, 0.1) is 7.11 Å². The fraction of sp³-hybridized carbons (Fsp3) is 0.440. The largest absolute Gasteiger partial charge is 0.493 e. The molecule has 0 radical (unpaired) electrons. The number of nitrogens with one attached hydrogen (secondary N) is 1. The lowest BCUT2D eigenvalue weighted by Gasteiger charge is -2.27. The topological polar surface area (TPSA) is 104 Å². The molecule has 2 aromatic rings. The minimum Gasteiger partial charge on any atom is -0.493 e. The number of aromatic nitrogens is 1. The molecule has 0 aliphatic carbocycles. The molecule has 2 rings (SSSR count). The highest BCUT2D eigenvalue weighted by molar-refractivity contribution is 5.98. The summed E-state index contributed by atoms with van der Waals surface area (Å²) in [7, 11) is 1.36. The van der Waals surface area contributed by atoms with Gasteiger partial charge in [-0.2, -0.15) is 0 Å². The summed E-state index contributed by atoms with van der Waals surface area (Å²) in [6.07, 6.45) is 0.791. The molecule has 1 amide bonds. The number of aryl methyl sites for hydroxylation is 1. The van der Waals surface area contributed by atoms with Crippen molar-refractivity contribution in [2.24, 2.45) is 5.92 Å². The second-order valence-electron chi connectivity index (χ2n) is 8.41. The number of hydrogen-bond acceptors (Lipinski definition) is 7. The highest BCUT2D eigenvalue weighted by Gasteiger charge is 2.31. The summed E-state index contributed by atoms with van der Waals surface area (Å²) in [5, 5.41) is 2.63. The lowest BCUT2D eigenvalue weighted by atomic mass is 9.92. The molecule has 3 atom stereocenters. The molecule has 1 aromatic carbocycles. The fourth-order valence-corrected chi connectivity index (χ4v) is 3.46. The van der Waals surface area contributed by atoms with Crippen molar-refractivity contribution in [3.63, 3.8) is 0 Å². The van der Waals surface area contributed by atoms with Crippen LogP contribution in [0.2, 0.25) is 0 Å². The van der Waals surface area contributed by atoms with Crippen molar-refractivity contribution in [1.29, 1.82) is 0 Å². The summed E-state index contributed by atoms with van der Waals surface area (Å²) in [6, 6.07) is 4.93. The Labute approximate surface area is 198 Å². The van der Waals surface area contributed by atoms with E-state index in [0.29, 0.717) is 0 Å². The number of hydrogen-bond donors (Lipinski definition) is 1. The smallest absolute Gasteiger partial charge is 0.329 e. The number of carbonyl (C=O) groups is 3. The first-order valence-electron chi connectivity index (χ1n) is 10.9. The third-order valence-corrected chi connectivity index (χ3v) is 5.48. The molecule has 0 bridgehead atoms. The molecular formula is C25H31FN2O6. The average molecular weight is 475 g/mol. The molecular weight excluding hydrogens is 443 g/mol. The van der Waals surface area contributed by atoms with Crippen molar-refractivity contribution < 1.29 is 33.0 Å². The van der Waals surface area contributed by atoms with Gasteiger partial charge in [0.25, 0.3) is 5.91 Å². The Bertz CT molecular complexity index is 1060. The number of benzene rings is 1. The summed E-state index contributed by atoms with van der Waals surface area (Å²) < 4.78 is 29.4. The maximum absolute atomic E-state index is 13.5. The van der Waals surface area contributed by atoms with Crippen LogP contribution < -0.4 is 14.8 Å². The van der Waals surface area contributed by atoms with Crippen LogP contribution in [0.25, 0.3) is 0 Å². The zero-order chi connectivity index (χ0) is 25.6. The number of nitrogens with zero attached hydrogens (tertiary/aromatic N) is 1. The molecule has 0 aliphatic heterocycles. The van der Waals surface area contributed by atoms with Crippen molar-refractivity contribution in [3.05, 3.63) is 53.1 Å². The Morgan fingerprint density at radius 2 is 1.76 bits per heavy atom. The van der Waals surface area contributed by atoms with E-state index in [1.165, 1.54) is 38.4 Å². The van der Waals surface area contributed by atoms with Crippen molar-refractivity contribution >= 4 is 17.8 Å². The molecule has 0 saturated carbocycles. The van der Waals surface area contributed by atoms with Gasteiger partial charge in [-0.1, -0.05) is 26.8 Å². The molecule has 1 aromatic heterocycles. The molecule has 184 valence electrons. The lowest BCUT2D eigenvalue weighted by Crippen LogP contribution is -2.46. The number of pyridine rings is 1.